The highest BCUT2D eigenvalue weighted by atomic mass is 19.1. The Morgan fingerprint density at radius 2 is 1.47 bits per heavy atom. The first-order valence-electron chi connectivity index (χ1n) is 9.45. The van der Waals surface area contributed by atoms with Gasteiger partial charge in [0.2, 0.25) is 5.91 Å². The van der Waals surface area contributed by atoms with Gasteiger partial charge in [-0.05, 0) is 36.4 Å². The van der Waals surface area contributed by atoms with E-state index < -0.39 is 41.5 Å². The van der Waals surface area contributed by atoms with Gasteiger partial charge in [0.1, 0.15) is 17.6 Å². The van der Waals surface area contributed by atoms with Crippen LogP contribution in [0, 0.1) is 17.6 Å². The summed E-state index contributed by atoms with van der Waals surface area (Å²) in [6, 6.07) is 19.4. The molecule has 0 N–H and O–H groups in total. The summed E-state index contributed by atoms with van der Waals surface area (Å²) < 4.78 is 28.4. The number of amides is 2. The van der Waals surface area contributed by atoms with Crippen molar-refractivity contribution in [3.05, 3.63) is 96.1 Å². The van der Waals surface area contributed by atoms with Crippen molar-refractivity contribution >= 4 is 23.2 Å². The summed E-state index contributed by atoms with van der Waals surface area (Å²) in [5.41, 5.74) is 0.968. The average Bonchev–Trinajstić information content (AvgIpc) is 3.25. The molecule has 0 saturated carbocycles. The number of para-hydroxylation sites is 1. The SMILES string of the molecule is O=C1[C@H]2[C@@H](ON(c3ccccc3)[C@H]2c2ccccc2F)C(=O)N1c1cccc(F)c1. The predicted molar refractivity (Wildman–Crippen MR) is 105 cm³/mol. The number of hydrogen-bond donors (Lipinski definition) is 0. The molecule has 5 nitrogen and oxygen atoms in total. The van der Waals surface area contributed by atoms with Gasteiger partial charge in [0.25, 0.3) is 5.91 Å². The summed E-state index contributed by atoms with van der Waals surface area (Å²) in [5.74, 6) is -3.20. The fraction of sp³-hybridized carbons (Fsp3) is 0.130. The Bertz CT molecular complexity index is 1140. The Balaban J connectivity index is 1.61. The predicted octanol–water partition coefficient (Wildman–Crippen LogP) is 4.02. The summed E-state index contributed by atoms with van der Waals surface area (Å²) >= 11 is 0. The van der Waals surface area contributed by atoms with Crippen LogP contribution < -0.4 is 9.96 Å². The van der Waals surface area contributed by atoms with Gasteiger partial charge in [0.05, 0.1) is 17.4 Å². The van der Waals surface area contributed by atoms with E-state index in [0.29, 0.717) is 5.69 Å². The highest BCUT2D eigenvalue weighted by molar-refractivity contribution is 6.23. The number of rotatable bonds is 3. The van der Waals surface area contributed by atoms with E-state index in [1.54, 1.807) is 42.5 Å². The molecule has 2 saturated heterocycles. The van der Waals surface area contributed by atoms with Crippen molar-refractivity contribution in [2.24, 2.45) is 5.92 Å². The molecular weight excluding hydrogens is 390 g/mol. The van der Waals surface area contributed by atoms with Gasteiger partial charge in [-0.25, -0.2) is 18.7 Å². The van der Waals surface area contributed by atoms with Gasteiger partial charge in [0, 0.05) is 5.56 Å². The van der Waals surface area contributed by atoms with Crippen molar-refractivity contribution in [2.45, 2.75) is 12.1 Å². The summed E-state index contributed by atoms with van der Waals surface area (Å²) in [6.45, 7) is 0. The number of imide groups is 1. The number of nitrogens with zero attached hydrogens (tertiary/aromatic N) is 2. The van der Waals surface area contributed by atoms with E-state index >= 15 is 0 Å². The lowest BCUT2D eigenvalue weighted by Gasteiger charge is -2.29. The number of carbonyl (C=O) groups excluding carboxylic acids is 2. The monoisotopic (exact) mass is 406 g/mol. The summed E-state index contributed by atoms with van der Waals surface area (Å²) in [4.78, 5) is 33.3. The minimum Gasteiger partial charge on any atom is -0.273 e. The number of hydroxylamine groups is 1. The second-order valence-electron chi connectivity index (χ2n) is 7.17. The molecule has 0 unspecified atom stereocenters. The van der Waals surface area contributed by atoms with Crippen LogP contribution in [0.25, 0.3) is 0 Å². The fourth-order valence-electron chi connectivity index (χ4n) is 4.11. The van der Waals surface area contributed by atoms with E-state index in [0.717, 1.165) is 11.0 Å². The largest absolute Gasteiger partial charge is 0.273 e. The Morgan fingerprint density at radius 3 is 2.20 bits per heavy atom. The van der Waals surface area contributed by atoms with E-state index in [1.807, 2.05) is 6.07 Å². The van der Waals surface area contributed by atoms with E-state index in [9.17, 15) is 18.4 Å². The van der Waals surface area contributed by atoms with E-state index in [1.165, 1.54) is 29.3 Å². The molecule has 5 rings (SSSR count). The normalized spacial score (nSPS) is 23.2. The van der Waals surface area contributed by atoms with Gasteiger partial charge < -0.3 is 0 Å². The van der Waals surface area contributed by atoms with Gasteiger partial charge >= 0.3 is 0 Å². The Morgan fingerprint density at radius 1 is 0.767 bits per heavy atom. The molecule has 0 radical (unpaired) electrons. The van der Waals surface area contributed by atoms with Crippen LogP contribution in [0.15, 0.2) is 78.9 Å². The van der Waals surface area contributed by atoms with Crippen molar-refractivity contribution in [3.8, 4) is 0 Å². The molecule has 0 aromatic heterocycles. The molecule has 0 aliphatic carbocycles. The molecule has 2 fully saturated rings. The summed E-state index contributed by atoms with van der Waals surface area (Å²) in [5, 5.41) is 1.42. The van der Waals surface area contributed by atoms with Gasteiger partial charge in [0.15, 0.2) is 6.10 Å². The van der Waals surface area contributed by atoms with Crippen LogP contribution >= 0.6 is 0 Å². The third-order valence-corrected chi connectivity index (χ3v) is 5.42. The number of benzene rings is 3. The minimum atomic E-state index is -1.13. The lowest BCUT2D eigenvalue weighted by atomic mass is 9.90. The quantitative estimate of drug-likeness (QED) is 0.617. The number of fused-ring (bicyclic) bond motifs is 1. The maximum absolute atomic E-state index is 14.7. The molecule has 3 atom stereocenters. The maximum atomic E-state index is 14.7. The van der Waals surface area contributed by atoms with Gasteiger partial charge in [-0.15, -0.1) is 0 Å². The second-order valence-corrected chi connectivity index (χ2v) is 7.17. The lowest BCUT2D eigenvalue weighted by Crippen LogP contribution is -2.37. The minimum absolute atomic E-state index is 0.126. The van der Waals surface area contributed by atoms with Gasteiger partial charge in [-0.3, -0.25) is 14.4 Å². The standard InChI is InChI=1S/C23H16F2N2O3/c24-14-7-6-10-16(13-14)26-22(28)19-20(17-11-4-5-12-18(17)25)27(30-21(19)23(26)29)15-8-2-1-3-9-15/h1-13,19-21H/t19-,20+,21-/m1/s1. The van der Waals surface area contributed by atoms with Crippen molar-refractivity contribution < 1.29 is 23.2 Å². The molecule has 30 heavy (non-hydrogen) atoms. The van der Waals surface area contributed by atoms with Crippen LogP contribution in [0.5, 0.6) is 0 Å². The third kappa shape index (κ3) is 2.78. The van der Waals surface area contributed by atoms with Crippen molar-refractivity contribution in [2.75, 3.05) is 9.96 Å². The molecule has 2 aliphatic rings. The Hall–Kier alpha value is -3.58. The smallest absolute Gasteiger partial charge is 0.266 e. The zero-order valence-electron chi connectivity index (χ0n) is 15.6. The number of halogens is 2. The van der Waals surface area contributed by atoms with Crippen LogP contribution in [0.3, 0.4) is 0 Å². The van der Waals surface area contributed by atoms with Crippen molar-refractivity contribution in [1.82, 2.24) is 0 Å². The van der Waals surface area contributed by atoms with E-state index in [-0.39, 0.29) is 11.3 Å². The zero-order chi connectivity index (χ0) is 20.8. The van der Waals surface area contributed by atoms with Gasteiger partial charge in [-0.1, -0.05) is 42.5 Å². The first-order valence-corrected chi connectivity index (χ1v) is 9.45. The first-order chi connectivity index (χ1) is 14.6. The first kappa shape index (κ1) is 18.4. The second kappa shape index (κ2) is 7.03. The molecule has 2 heterocycles. The molecule has 150 valence electrons. The number of carbonyl (C=O) groups is 2. The third-order valence-electron chi connectivity index (χ3n) is 5.42. The molecule has 7 heteroatoms. The van der Waals surface area contributed by atoms with Gasteiger partial charge in [-0.2, -0.15) is 0 Å². The Kier molecular flexibility index (Phi) is 4.33. The van der Waals surface area contributed by atoms with E-state index in [4.69, 9.17) is 4.84 Å². The summed E-state index contributed by atoms with van der Waals surface area (Å²) in [7, 11) is 0. The van der Waals surface area contributed by atoms with Crippen LogP contribution in [-0.4, -0.2) is 17.9 Å². The molecule has 3 aromatic carbocycles. The molecule has 2 aliphatic heterocycles. The molecule has 0 bridgehead atoms. The van der Waals surface area contributed by atoms with Crippen LogP contribution in [-0.2, 0) is 14.4 Å². The average molecular weight is 406 g/mol. The zero-order valence-corrected chi connectivity index (χ0v) is 15.6. The van der Waals surface area contributed by atoms with Crippen molar-refractivity contribution in [1.29, 1.82) is 0 Å². The summed E-state index contributed by atoms with van der Waals surface area (Å²) in [6.07, 6.45) is -1.13. The van der Waals surface area contributed by atoms with Crippen LogP contribution in [0.1, 0.15) is 11.6 Å². The number of anilines is 2. The highest BCUT2D eigenvalue weighted by Crippen LogP contribution is 2.48. The maximum Gasteiger partial charge on any atom is 0.266 e. The Labute approximate surface area is 171 Å². The number of hydrogen-bond acceptors (Lipinski definition) is 4. The molecule has 2 amide bonds. The van der Waals surface area contributed by atoms with Crippen LogP contribution in [0.2, 0.25) is 0 Å². The lowest BCUT2D eigenvalue weighted by molar-refractivity contribution is -0.126. The topological polar surface area (TPSA) is 49.9 Å². The molecule has 3 aromatic rings. The molecule has 0 spiro atoms. The molecular formula is C23H16F2N2O3. The highest BCUT2D eigenvalue weighted by Gasteiger charge is 2.60. The van der Waals surface area contributed by atoms with Crippen molar-refractivity contribution in [3.63, 3.8) is 0 Å². The fourth-order valence-corrected chi connectivity index (χ4v) is 4.11. The van der Waals surface area contributed by atoms with E-state index in [2.05, 4.69) is 0 Å². The van der Waals surface area contributed by atoms with Crippen LogP contribution in [0.4, 0.5) is 20.2 Å².